The zero-order valence-electron chi connectivity index (χ0n) is 20.1. The molecule has 1 aliphatic heterocycles. The molecule has 1 aromatic rings. The molecule has 0 bridgehead atoms. The molecule has 1 saturated heterocycles. The van der Waals surface area contributed by atoms with Crippen LogP contribution in [0.3, 0.4) is 0 Å². The van der Waals surface area contributed by atoms with Crippen LogP contribution in [0.1, 0.15) is 61.5 Å². The van der Waals surface area contributed by atoms with Gasteiger partial charge in [0.25, 0.3) is 11.7 Å². The van der Waals surface area contributed by atoms with Crippen LogP contribution >= 0.6 is 11.5 Å². The molecule has 0 aromatic carbocycles. The normalized spacial score (nSPS) is 18.2. The first-order chi connectivity index (χ1) is 15.7. The van der Waals surface area contributed by atoms with Crippen molar-refractivity contribution in [2.45, 2.75) is 78.7 Å². The lowest BCUT2D eigenvalue weighted by Crippen LogP contribution is -2.58. The molecule has 1 fully saturated rings. The minimum absolute atomic E-state index is 0.216. The van der Waals surface area contributed by atoms with Gasteiger partial charge in [-0.25, -0.2) is 0 Å². The van der Waals surface area contributed by atoms with Crippen LogP contribution in [0.15, 0.2) is 0 Å². The van der Waals surface area contributed by atoms with Gasteiger partial charge in [0.1, 0.15) is 12.1 Å². The highest BCUT2D eigenvalue weighted by Crippen LogP contribution is 2.24. The fourth-order valence-electron chi connectivity index (χ4n) is 3.98. The van der Waals surface area contributed by atoms with E-state index < -0.39 is 53.7 Å². The zero-order chi connectivity index (χ0) is 26.0. The first-order valence-corrected chi connectivity index (χ1v) is 11.9. The van der Waals surface area contributed by atoms with E-state index in [4.69, 9.17) is 0 Å². The number of carbonyl (C=O) groups is 4. The molecule has 2 heterocycles. The zero-order valence-corrected chi connectivity index (χ0v) is 20.9. The van der Waals surface area contributed by atoms with Crippen LogP contribution in [-0.4, -0.2) is 63.6 Å². The molecule has 0 radical (unpaired) electrons. The van der Waals surface area contributed by atoms with E-state index in [1.165, 1.54) is 30.3 Å². The number of hydrogen-bond donors (Lipinski definition) is 2. The number of nitrogens with one attached hydrogen (secondary N) is 2. The van der Waals surface area contributed by atoms with Crippen molar-refractivity contribution in [3.8, 4) is 0 Å². The average Bonchev–Trinajstić information content (AvgIpc) is 3.34. The molecule has 0 saturated carbocycles. The maximum absolute atomic E-state index is 13.4. The van der Waals surface area contributed by atoms with Crippen molar-refractivity contribution in [3.63, 3.8) is 0 Å². The minimum Gasteiger partial charge on any atom is -0.344 e. The molecule has 3 amide bonds. The summed E-state index contributed by atoms with van der Waals surface area (Å²) >= 11 is 1.18. The molecule has 3 atom stereocenters. The highest BCUT2D eigenvalue weighted by atomic mass is 32.1. The predicted octanol–water partition coefficient (Wildman–Crippen LogP) is 2.78. The second-order valence-electron chi connectivity index (χ2n) is 9.18. The molecule has 2 N–H and O–H groups in total. The second kappa shape index (κ2) is 10.8. The Balaban J connectivity index is 2.20. The van der Waals surface area contributed by atoms with E-state index in [0.29, 0.717) is 22.6 Å². The molecule has 1 aromatic heterocycles. The van der Waals surface area contributed by atoms with Crippen molar-refractivity contribution < 1.29 is 32.3 Å². The van der Waals surface area contributed by atoms with E-state index in [2.05, 4.69) is 15.0 Å². The van der Waals surface area contributed by atoms with Gasteiger partial charge in [-0.1, -0.05) is 27.7 Å². The van der Waals surface area contributed by atoms with Crippen molar-refractivity contribution in [2.24, 2.45) is 11.8 Å². The number of amides is 3. The Kier molecular flexibility index (Phi) is 8.84. The second-order valence-corrected chi connectivity index (χ2v) is 10.2. The Morgan fingerprint density at radius 1 is 1.03 bits per heavy atom. The quantitative estimate of drug-likeness (QED) is 0.566. The topological polar surface area (TPSA) is 108 Å². The van der Waals surface area contributed by atoms with Gasteiger partial charge in [0.05, 0.1) is 17.3 Å². The summed E-state index contributed by atoms with van der Waals surface area (Å²) in [6, 6.07) is -3.72. The van der Waals surface area contributed by atoms with Gasteiger partial charge in [0, 0.05) is 11.4 Å². The van der Waals surface area contributed by atoms with E-state index in [1.807, 2.05) is 0 Å². The fourth-order valence-corrected chi connectivity index (χ4v) is 4.67. The van der Waals surface area contributed by atoms with Gasteiger partial charge in [0.15, 0.2) is 0 Å². The average molecular weight is 505 g/mol. The van der Waals surface area contributed by atoms with Gasteiger partial charge in [-0.3, -0.25) is 19.2 Å². The SMILES string of the molecule is Cc1nsc(C)c1C(=O)N[C@H](C(=O)N1CCC[C@H]1C(=O)N[C@H](C(=O)C(F)(F)F)C(C)C)C(C)C. The number of halogens is 3. The smallest absolute Gasteiger partial charge is 0.344 e. The van der Waals surface area contributed by atoms with Crippen LogP contribution in [0.25, 0.3) is 0 Å². The number of aromatic nitrogens is 1. The largest absolute Gasteiger partial charge is 0.452 e. The fraction of sp³-hybridized carbons (Fsp3) is 0.682. The number of Topliss-reactive ketones (excluding diaryl/α,β-unsaturated/α-hetero) is 1. The van der Waals surface area contributed by atoms with E-state index in [1.54, 1.807) is 27.7 Å². The number of nitrogens with zero attached hydrogens (tertiary/aromatic N) is 2. The number of alkyl halides is 3. The number of ketones is 1. The minimum atomic E-state index is -5.09. The summed E-state index contributed by atoms with van der Waals surface area (Å²) in [7, 11) is 0. The van der Waals surface area contributed by atoms with E-state index in [0.717, 1.165) is 0 Å². The molecule has 190 valence electrons. The number of hydrogen-bond acceptors (Lipinski definition) is 6. The molecule has 8 nitrogen and oxygen atoms in total. The molecule has 12 heteroatoms. The third-order valence-electron chi connectivity index (χ3n) is 5.84. The summed E-state index contributed by atoms with van der Waals surface area (Å²) in [6.07, 6.45) is -4.38. The predicted molar refractivity (Wildman–Crippen MR) is 120 cm³/mol. The third kappa shape index (κ3) is 6.13. The highest BCUT2D eigenvalue weighted by molar-refractivity contribution is 7.06. The third-order valence-corrected chi connectivity index (χ3v) is 6.69. The highest BCUT2D eigenvalue weighted by Gasteiger charge is 2.46. The first kappa shape index (κ1) is 27.7. The van der Waals surface area contributed by atoms with Crippen molar-refractivity contribution in [1.29, 1.82) is 0 Å². The van der Waals surface area contributed by atoms with Crippen molar-refractivity contribution in [3.05, 3.63) is 16.1 Å². The first-order valence-electron chi connectivity index (χ1n) is 11.1. The number of likely N-dealkylation sites (tertiary alicyclic amines) is 1. The Bertz CT molecular complexity index is 926. The van der Waals surface area contributed by atoms with Crippen LogP contribution in [0.5, 0.6) is 0 Å². The maximum atomic E-state index is 13.4. The lowest BCUT2D eigenvalue weighted by molar-refractivity contribution is -0.175. The Morgan fingerprint density at radius 2 is 1.62 bits per heavy atom. The summed E-state index contributed by atoms with van der Waals surface area (Å²) in [5, 5.41) is 4.93. The molecule has 0 spiro atoms. The van der Waals surface area contributed by atoms with Crippen molar-refractivity contribution >= 4 is 35.0 Å². The van der Waals surface area contributed by atoms with E-state index in [9.17, 15) is 32.3 Å². The Hall–Kier alpha value is -2.50. The standard InChI is InChI=1S/C22H31F3N4O4S/c1-10(2)16(18(30)22(23,24)25)26-19(31)14-8-7-9-29(14)21(33)17(11(3)4)27-20(32)15-12(5)28-34-13(15)6/h10-11,14,16-17H,7-9H2,1-6H3,(H,26,31)(H,27,32)/t14-,16-,17-/m0/s1. The summed E-state index contributed by atoms with van der Waals surface area (Å²) in [5.74, 6) is -4.91. The summed E-state index contributed by atoms with van der Waals surface area (Å²) in [5.41, 5.74) is 0.937. The van der Waals surface area contributed by atoms with Crippen LogP contribution in [0, 0.1) is 25.7 Å². The van der Waals surface area contributed by atoms with Gasteiger partial charge in [-0.05, 0) is 50.1 Å². The van der Waals surface area contributed by atoms with Crippen LogP contribution < -0.4 is 10.6 Å². The van der Waals surface area contributed by atoms with Crippen molar-refractivity contribution in [2.75, 3.05) is 6.54 Å². The molecule has 2 rings (SSSR count). The molecule has 0 aliphatic carbocycles. The van der Waals surface area contributed by atoms with Crippen molar-refractivity contribution in [1.82, 2.24) is 19.9 Å². The molecular weight excluding hydrogens is 473 g/mol. The van der Waals surface area contributed by atoms with Gasteiger partial charge in [-0.2, -0.15) is 17.5 Å². The van der Waals surface area contributed by atoms with Crippen LogP contribution in [0.4, 0.5) is 13.2 Å². The summed E-state index contributed by atoms with van der Waals surface area (Å²) in [4.78, 5) is 52.9. The summed E-state index contributed by atoms with van der Waals surface area (Å²) < 4.78 is 43.1. The molecule has 1 aliphatic rings. The molecule has 0 unspecified atom stereocenters. The van der Waals surface area contributed by atoms with Crippen LogP contribution in [-0.2, 0) is 14.4 Å². The van der Waals surface area contributed by atoms with Gasteiger partial charge < -0.3 is 15.5 Å². The molecular formula is C22H31F3N4O4S. The monoisotopic (exact) mass is 504 g/mol. The lowest BCUT2D eigenvalue weighted by atomic mass is 9.98. The number of carbonyl (C=O) groups excluding carboxylic acids is 4. The Labute approximate surface area is 200 Å². The number of rotatable bonds is 8. The van der Waals surface area contributed by atoms with Gasteiger partial charge >= 0.3 is 6.18 Å². The Morgan fingerprint density at radius 3 is 2.09 bits per heavy atom. The lowest BCUT2D eigenvalue weighted by Gasteiger charge is -2.32. The maximum Gasteiger partial charge on any atom is 0.452 e. The van der Waals surface area contributed by atoms with Gasteiger partial charge in [-0.15, -0.1) is 0 Å². The van der Waals surface area contributed by atoms with E-state index >= 15 is 0 Å². The summed E-state index contributed by atoms with van der Waals surface area (Å²) in [6.45, 7) is 9.96. The van der Waals surface area contributed by atoms with Gasteiger partial charge in [0.2, 0.25) is 11.8 Å². The van der Waals surface area contributed by atoms with Crippen LogP contribution in [0.2, 0.25) is 0 Å². The number of aryl methyl sites for hydroxylation is 2. The molecule has 34 heavy (non-hydrogen) atoms. The van der Waals surface area contributed by atoms with E-state index in [-0.39, 0.29) is 18.9 Å².